The second kappa shape index (κ2) is 7.73. The highest BCUT2D eigenvalue weighted by molar-refractivity contribution is 5.92. The van der Waals surface area contributed by atoms with Gasteiger partial charge < -0.3 is 9.47 Å². The number of alkyl carbamates (subject to hydrolysis) is 1. The van der Waals surface area contributed by atoms with Crippen LogP contribution in [0.3, 0.4) is 0 Å². The zero-order valence-corrected chi connectivity index (χ0v) is 11.3. The quantitative estimate of drug-likeness (QED) is 0.733. The minimum atomic E-state index is -0.725. The zero-order chi connectivity index (χ0) is 14.3. The van der Waals surface area contributed by atoms with Crippen LogP contribution in [0.25, 0.3) is 0 Å². The molecule has 1 rings (SSSR count). The Hall–Kier alpha value is -1.63. The zero-order valence-electron chi connectivity index (χ0n) is 11.3. The number of imide groups is 1. The molecule has 0 saturated carbocycles. The van der Waals surface area contributed by atoms with Gasteiger partial charge in [0.1, 0.15) is 0 Å². The predicted molar refractivity (Wildman–Crippen MR) is 66.3 cm³/mol. The Morgan fingerprint density at radius 2 is 1.89 bits per heavy atom. The van der Waals surface area contributed by atoms with E-state index in [0.29, 0.717) is 25.9 Å². The van der Waals surface area contributed by atoms with Gasteiger partial charge in [-0.05, 0) is 32.9 Å². The largest absolute Gasteiger partial charge is 0.469 e. The molecule has 1 fully saturated rings. The molecular formula is C12H20N2O5. The number of rotatable bonds is 4. The summed E-state index contributed by atoms with van der Waals surface area (Å²) < 4.78 is 9.30. The summed E-state index contributed by atoms with van der Waals surface area (Å²) in [6, 6.07) is 0. The molecule has 108 valence electrons. The summed E-state index contributed by atoms with van der Waals surface area (Å²) in [4.78, 5) is 35.8. The number of carbonyl (C=O) groups excluding carboxylic acids is 3. The maximum Gasteiger partial charge on any atom is 0.413 e. The third-order valence-corrected chi connectivity index (χ3v) is 3.01. The molecule has 1 aliphatic rings. The first-order valence-corrected chi connectivity index (χ1v) is 6.33. The van der Waals surface area contributed by atoms with Crippen LogP contribution in [0.15, 0.2) is 0 Å². The first-order valence-electron chi connectivity index (χ1n) is 6.33. The number of hydrogen-bond acceptors (Lipinski definition) is 6. The molecule has 0 radical (unpaired) electrons. The van der Waals surface area contributed by atoms with E-state index in [0.717, 1.165) is 0 Å². The van der Waals surface area contributed by atoms with Crippen molar-refractivity contribution in [1.29, 1.82) is 0 Å². The van der Waals surface area contributed by atoms with Crippen molar-refractivity contribution in [3.8, 4) is 0 Å². The molecule has 0 spiro atoms. The maximum atomic E-state index is 11.5. The number of amides is 2. The summed E-state index contributed by atoms with van der Waals surface area (Å²) in [7, 11) is 1.38. The van der Waals surface area contributed by atoms with Gasteiger partial charge in [-0.3, -0.25) is 19.8 Å². The van der Waals surface area contributed by atoms with Crippen molar-refractivity contribution < 1.29 is 23.9 Å². The average Bonchev–Trinajstić information content (AvgIpc) is 2.38. The molecule has 1 heterocycles. The fraction of sp³-hybridized carbons (Fsp3) is 0.750. The van der Waals surface area contributed by atoms with Crippen molar-refractivity contribution in [2.24, 2.45) is 5.92 Å². The Kier molecular flexibility index (Phi) is 6.27. The second-order valence-corrected chi connectivity index (χ2v) is 4.34. The number of likely N-dealkylation sites (tertiary alicyclic amines) is 1. The van der Waals surface area contributed by atoms with Gasteiger partial charge in [0.05, 0.1) is 26.2 Å². The lowest BCUT2D eigenvalue weighted by Gasteiger charge is -2.29. The van der Waals surface area contributed by atoms with Crippen molar-refractivity contribution in [2.75, 3.05) is 33.4 Å². The standard InChI is InChI=1S/C12H20N2O5/c1-3-19-12(17)13-10(15)8-14-6-4-9(5-7-14)11(16)18-2/h9H,3-8H2,1-2H3,(H,13,15,17). The Morgan fingerprint density at radius 1 is 1.26 bits per heavy atom. The van der Waals surface area contributed by atoms with Crippen LogP contribution in [-0.2, 0) is 19.1 Å². The summed E-state index contributed by atoms with van der Waals surface area (Å²) in [5.74, 6) is -0.681. The Morgan fingerprint density at radius 3 is 2.42 bits per heavy atom. The lowest BCUT2D eigenvalue weighted by molar-refractivity contribution is -0.147. The van der Waals surface area contributed by atoms with E-state index in [4.69, 9.17) is 0 Å². The number of methoxy groups -OCH3 is 1. The number of hydrogen-bond donors (Lipinski definition) is 1. The molecule has 7 nitrogen and oxygen atoms in total. The SMILES string of the molecule is CCOC(=O)NC(=O)CN1CCC(C(=O)OC)CC1. The molecule has 7 heteroatoms. The van der Waals surface area contributed by atoms with E-state index in [1.807, 2.05) is 4.90 Å². The summed E-state index contributed by atoms with van der Waals surface area (Å²) in [5, 5.41) is 2.14. The maximum absolute atomic E-state index is 11.5. The van der Waals surface area contributed by atoms with E-state index in [2.05, 4.69) is 14.8 Å². The number of carbonyl (C=O) groups is 3. The third kappa shape index (κ3) is 5.25. The van der Waals surface area contributed by atoms with Gasteiger partial charge in [0.2, 0.25) is 5.91 Å². The first kappa shape index (κ1) is 15.4. The van der Waals surface area contributed by atoms with E-state index >= 15 is 0 Å². The highest BCUT2D eigenvalue weighted by Gasteiger charge is 2.26. The molecule has 0 bridgehead atoms. The van der Waals surface area contributed by atoms with Crippen molar-refractivity contribution in [1.82, 2.24) is 10.2 Å². The normalized spacial score (nSPS) is 16.7. The van der Waals surface area contributed by atoms with Crippen LogP contribution >= 0.6 is 0 Å². The van der Waals surface area contributed by atoms with Crippen LogP contribution in [0.5, 0.6) is 0 Å². The molecule has 0 aromatic carbocycles. The van der Waals surface area contributed by atoms with Gasteiger partial charge >= 0.3 is 12.1 Å². The molecule has 0 unspecified atom stereocenters. The number of piperidine rings is 1. The molecular weight excluding hydrogens is 252 g/mol. The van der Waals surface area contributed by atoms with Gasteiger partial charge in [0.25, 0.3) is 0 Å². The van der Waals surface area contributed by atoms with Crippen LogP contribution in [0.1, 0.15) is 19.8 Å². The molecule has 2 amide bonds. The number of nitrogens with zero attached hydrogens (tertiary/aromatic N) is 1. The lowest BCUT2D eigenvalue weighted by Crippen LogP contribution is -2.44. The van der Waals surface area contributed by atoms with Crippen LogP contribution in [0, 0.1) is 5.92 Å². The highest BCUT2D eigenvalue weighted by Crippen LogP contribution is 2.17. The first-order chi connectivity index (χ1) is 9.06. The van der Waals surface area contributed by atoms with Crippen molar-refractivity contribution in [3.63, 3.8) is 0 Å². The van der Waals surface area contributed by atoms with Gasteiger partial charge in [0.15, 0.2) is 0 Å². The van der Waals surface area contributed by atoms with Crippen molar-refractivity contribution in [3.05, 3.63) is 0 Å². The summed E-state index contributed by atoms with van der Waals surface area (Å²) in [6.07, 6.45) is 0.607. The van der Waals surface area contributed by atoms with E-state index in [9.17, 15) is 14.4 Å². The Bertz CT molecular complexity index is 337. The van der Waals surface area contributed by atoms with Gasteiger partial charge in [-0.1, -0.05) is 0 Å². The fourth-order valence-corrected chi connectivity index (χ4v) is 2.02. The minimum Gasteiger partial charge on any atom is -0.469 e. The van der Waals surface area contributed by atoms with Crippen molar-refractivity contribution >= 4 is 18.0 Å². The molecule has 0 aliphatic carbocycles. The predicted octanol–water partition coefficient (Wildman–Crippen LogP) is 0.144. The topological polar surface area (TPSA) is 84.9 Å². The van der Waals surface area contributed by atoms with Crippen LogP contribution in [0.4, 0.5) is 4.79 Å². The average molecular weight is 272 g/mol. The van der Waals surface area contributed by atoms with Gasteiger partial charge in [-0.25, -0.2) is 4.79 Å². The van der Waals surface area contributed by atoms with Gasteiger partial charge in [-0.2, -0.15) is 0 Å². The summed E-state index contributed by atoms with van der Waals surface area (Å²) in [6.45, 7) is 3.30. The number of esters is 1. The molecule has 0 atom stereocenters. The third-order valence-electron chi connectivity index (χ3n) is 3.01. The minimum absolute atomic E-state index is 0.0885. The van der Waals surface area contributed by atoms with Gasteiger partial charge in [0, 0.05) is 0 Å². The van der Waals surface area contributed by atoms with Crippen LogP contribution < -0.4 is 5.32 Å². The monoisotopic (exact) mass is 272 g/mol. The summed E-state index contributed by atoms with van der Waals surface area (Å²) >= 11 is 0. The summed E-state index contributed by atoms with van der Waals surface area (Å²) in [5.41, 5.74) is 0. The second-order valence-electron chi connectivity index (χ2n) is 4.34. The Labute approximate surface area is 112 Å². The smallest absolute Gasteiger partial charge is 0.413 e. The number of ether oxygens (including phenoxy) is 2. The highest BCUT2D eigenvalue weighted by atomic mass is 16.5. The van der Waals surface area contributed by atoms with E-state index in [-0.39, 0.29) is 25.0 Å². The fourth-order valence-electron chi connectivity index (χ4n) is 2.02. The van der Waals surface area contributed by atoms with Crippen LogP contribution in [-0.4, -0.2) is 56.2 Å². The molecule has 0 aromatic heterocycles. The van der Waals surface area contributed by atoms with Crippen LogP contribution in [0.2, 0.25) is 0 Å². The van der Waals surface area contributed by atoms with E-state index in [1.165, 1.54) is 7.11 Å². The molecule has 1 N–H and O–H groups in total. The lowest BCUT2D eigenvalue weighted by atomic mass is 9.97. The Balaban J connectivity index is 2.27. The number of nitrogens with one attached hydrogen (secondary N) is 1. The van der Waals surface area contributed by atoms with E-state index in [1.54, 1.807) is 6.92 Å². The van der Waals surface area contributed by atoms with Gasteiger partial charge in [-0.15, -0.1) is 0 Å². The van der Waals surface area contributed by atoms with E-state index < -0.39 is 12.0 Å². The molecule has 1 aliphatic heterocycles. The molecule has 0 aromatic rings. The molecule has 1 saturated heterocycles. The van der Waals surface area contributed by atoms with Crippen molar-refractivity contribution in [2.45, 2.75) is 19.8 Å². The molecule has 19 heavy (non-hydrogen) atoms.